The number of nitrogens with zero attached hydrogens (tertiary/aromatic N) is 5. The number of aromatic amines is 1. The quantitative estimate of drug-likeness (QED) is 0.421. The number of ether oxygens (including phenoxy) is 1. The van der Waals surface area contributed by atoms with E-state index in [0.29, 0.717) is 55.1 Å². The minimum absolute atomic E-state index is 0.0293. The largest absolute Gasteiger partial charge is 0.481 e. The van der Waals surface area contributed by atoms with Crippen LogP contribution in [-0.4, -0.2) is 80.1 Å². The van der Waals surface area contributed by atoms with Gasteiger partial charge < -0.3 is 20.5 Å². The number of anilines is 3. The van der Waals surface area contributed by atoms with E-state index in [9.17, 15) is 13.5 Å². The molecule has 3 aliphatic heterocycles. The molecule has 5 heterocycles. The van der Waals surface area contributed by atoms with Gasteiger partial charge in [0.2, 0.25) is 11.8 Å². The third-order valence-corrected chi connectivity index (χ3v) is 9.56. The van der Waals surface area contributed by atoms with Crippen molar-refractivity contribution < 1.29 is 18.3 Å². The van der Waals surface area contributed by atoms with E-state index in [2.05, 4.69) is 37.7 Å². The molecular formula is C22H34N8O4S. The Balaban J connectivity index is 1.35. The number of hydrogen-bond acceptors (Lipinski definition) is 9. The zero-order chi connectivity index (χ0) is 24.6. The molecule has 3 aliphatic rings. The van der Waals surface area contributed by atoms with Gasteiger partial charge in [0.25, 0.3) is 10.2 Å². The van der Waals surface area contributed by atoms with Crippen molar-refractivity contribution in [3.8, 4) is 5.88 Å². The van der Waals surface area contributed by atoms with Crippen molar-refractivity contribution in [2.45, 2.75) is 76.1 Å². The smallest absolute Gasteiger partial charge is 0.282 e. The van der Waals surface area contributed by atoms with Gasteiger partial charge in [0, 0.05) is 42.8 Å². The number of aromatic nitrogens is 4. The number of H-pyrrole nitrogens is 1. The molecule has 0 amide bonds. The number of aliphatic hydroxyl groups is 1. The van der Waals surface area contributed by atoms with Crippen LogP contribution in [0.2, 0.25) is 0 Å². The molecule has 4 N–H and O–H groups in total. The molecule has 0 radical (unpaired) electrons. The van der Waals surface area contributed by atoms with Gasteiger partial charge in [-0.1, -0.05) is 0 Å². The molecule has 13 heteroatoms. The lowest BCUT2D eigenvalue weighted by atomic mass is 9.75. The lowest BCUT2D eigenvalue weighted by Gasteiger charge is -2.55. The molecule has 3 atom stereocenters. The van der Waals surface area contributed by atoms with E-state index in [4.69, 9.17) is 4.74 Å². The summed E-state index contributed by atoms with van der Waals surface area (Å²) in [5.41, 5.74) is 0.137. The number of hydrogen-bond donors (Lipinski definition) is 4. The van der Waals surface area contributed by atoms with Crippen LogP contribution < -0.4 is 15.4 Å². The van der Waals surface area contributed by atoms with E-state index in [1.165, 1.54) is 0 Å². The number of piperidine rings is 2. The Morgan fingerprint density at radius 2 is 2.03 bits per heavy atom. The third kappa shape index (κ3) is 4.82. The molecule has 12 nitrogen and oxygen atoms in total. The first kappa shape index (κ1) is 24.2. The number of nitrogens with one attached hydrogen (secondary N) is 3. The van der Waals surface area contributed by atoms with Gasteiger partial charge in [-0.15, -0.1) is 0 Å². The fourth-order valence-electron chi connectivity index (χ4n) is 5.83. The minimum Gasteiger partial charge on any atom is -0.481 e. The molecule has 3 saturated heterocycles. The molecule has 2 aromatic rings. The van der Waals surface area contributed by atoms with Crippen molar-refractivity contribution >= 4 is 27.8 Å². The Bertz CT molecular complexity index is 1150. The van der Waals surface area contributed by atoms with Gasteiger partial charge >= 0.3 is 0 Å². The highest BCUT2D eigenvalue weighted by Gasteiger charge is 2.53. The molecule has 0 saturated carbocycles. The van der Waals surface area contributed by atoms with Crippen LogP contribution in [0, 0.1) is 0 Å². The molecule has 35 heavy (non-hydrogen) atoms. The second-order valence-corrected chi connectivity index (χ2v) is 11.7. The Morgan fingerprint density at radius 1 is 1.23 bits per heavy atom. The second kappa shape index (κ2) is 9.52. The predicted octanol–water partition coefficient (Wildman–Crippen LogP) is 1.97. The maximum atomic E-state index is 13.6. The van der Waals surface area contributed by atoms with Gasteiger partial charge in [0.05, 0.1) is 19.4 Å². The normalized spacial score (nSPS) is 27.6. The zero-order valence-electron chi connectivity index (χ0n) is 20.2. The van der Waals surface area contributed by atoms with Crippen LogP contribution in [0.5, 0.6) is 5.88 Å². The van der Waals surface area contributed by atoms with Crippen LogP contribution in [0.3, 0.4) is 0 Å². The molecule has 0 aliphatic carbocycles. The van der Waals surface area contributed by atoms with Gasteiger partial charge in [-0.25, -0.2) is 0 Å². The van der Waals surface area contributed by atoms with E-state index < -0.39 is 15.7 Å². The molecule has 2 bridgehead atoms. The molecule has 3 unspecified atom stereocenters. The molecular weight excluding hydrogens is 472 g/mol. The summed E-state index contributed by atoms with van der Waals surface area (Å²) in [5.74, 6) is 1.81. The highest BCUT2D eigenvalue weighted by atomic mass is 32.2. The van der Waals surface area contributed by atoms with Crippen molar-refractivity contribution in [1.29, 1.82) is 0 Å². The van der Waals surface area contributed by atoms with E-state index in [0.717, 1.165) is 32.1 Å². The number of aliphatic hydroxyl groups excluding tert-OH is 1. The molecule has 3 fully saturated rings. The Morgan fingerprint density at radius 3 is 2.71 bits per heavy atom. The van der Waals surface area contributed by atoms with Crippen LogP contribution in [0.25, 0.3) is 0 Å². The van der Waals surface area contributed by atoms with E-state index in [-0.39, 0.29) is 18.7 Å². The predicted molar refractivity (Wildman–Crippen MR) is 131 cm³/mol. The van der Waals surface area contributed by atoms with Crippen molar-refractivity contribution in [2.24, 2.45) is 0 Å². The van der Waals surface area contributed by atoms with Crippen molar-refractivity contribution in [3.63, 3.8) is 0 Å². The van der Waals surface area contributed by atoms with E-state index in [1.807, 2.05) is 4.31 Å². The SMILES string of the molecule is COc1cc(Nc2cc(CO)[nH]n2)nc(NC2CC3CCCC(C)(C2)N3S(=O)(=O)N2CCCC2)n1. The fourth-order valence-corrected chi connectivity index (χ4v) is 8.09. The summed E-state index contributed by atoms with van der Waals surface area (Å²) in [6.07, 6.45) is 5.98. The first-order valence-electron chi connectivity index (χ1n) is 12.2. The van der Waals surface area contributed by atoms with Gasteiger partial charge in [-0.2, -0.15) is 32.1 Å². The van der Waals surface area contributed by atoms with Crippen molar-refractivity contribution in [2.75, 3.05) is 30.8 Å². The maximum Gasteiger partial charge on any atom is 0.282 e. The summed E-state index contributed by atoms with van der Waals surface area (Å²) in [6, 6.07) is 3.34. The van der Waals surface area contributed by atoms with Gasteiger partial charge in [-0.3, -0.25) is 5.10 Å². The standard InChI is InChI=1S/C22H34N8O4S/c1-22-7-5-6-17(30(22)35(32,33)29-8-3-4-9-29)10-15(13-22)23-21-25-18(12-20(26-21)34-2)24-19-11-16(14-31)27-28-19/h11-12,15,17,31H,3-10,13-14H2,1-2H3,(H3,23,24,25,26,27,28). The summed E-state index contributed by atoms with van der Waals surface area (Å²) < 4.78 is 36.0. The first-order valence-corrected chi connectivity index (χ1v) is 13.6. The second-order valence-electron chi connectivity index (χ2n) is 9.91. The molecule has 0 aromatic carbocycles. The van der Waals surface area contributed by atoms with Crippen LogP contribution in [0.4, 0.5) is 17.6 Å². The number of methoxy groups -OCH3 is 1. The molecule has 5 rings (SSSR count). The fraction of sp³-hybridized carbons (Fsp3) is 0.682. The monoisotopic (exact) mass is 506 g/mol. The number of rotatable bonds is 8. The van der Waals surface area contributed by atoms with E-state index in [1.54, 1.807) is 23.5 Å². The summed E-state index contributed by atoms with van der Waals surface area (Å²) >= 11 is 0. The minimum atomic E-state index is -3.48. The molecule has 0 spiro atoms. The summed E-state index contributed by atoms with van der Waals surface area (Å²) in [7, 11) is -1.93. The molecule has 2 aromatic heterocycles. The lowest BCUT2D eigenvalue weighted by molar-refractivity contribution is 0.0353. The highest BCUT2D eigenvalue weighted by Crippen LogP contribution is 2.45. The first-order chi connectivity index (χ1) is 16.8. The van der Waals surface area contributed by atoms with Crippen molar-refractivity contribution in [3.05, 3.63) is 17.8 Å². The van der Waals surface area contributed by atoms with Crippen molar-refractivity contribution in [1.82, 2.24) is 28.8 Å². The average molecular weight is 507 g/mol. The number of fused-ring (bicyclic) bond motifs is 2. The zero-order valence-corrected chi connectivity index (χ0v) is 21.0. The Labute approximate surface area is 205 Å². The Hall–Kier alpha value is -2.48. The van der Waals surface area contributed by atoms with Crippen LogP contribution in [0.1, 0.15) is 57.6 Å². The maximum absolute atomic E-state index is 13.6. The van der Waals surface area contributed by atoms with Gasteiger partial charge in [0.15, 0.2) is 5.82 Å². The van der Waals surface area contributed by atoms with Gasteiger partial charge in [0.1, 0.15) is 5.82 Å². The molecule has 192 valence electrons. The van der Waals surface area contributed by atoms with E-state index >= 15 is 0 Å². The van der Waals surface area contributed by atoms with Crippen LogP contribution in [0.15, 0.2) is 12.1 Å². The summed E-state index contributed by atoms with van der Waals surface area (Å²) in [4.78, 5) is 9.05. The summed E-state index contributed by atoms with van der Waals surface area (Å²) in [6.45, 7) is 3.18. The Kier molecular flexibility index (Phi) is 6.59. The van der Waals surface area contributed by atoms with Crippen LogP contribution in [-0.2, 0) is 16.8 Å². The highest BCUT2D eigenvalue weighted by molar-refractivity contribution is 7.86. The van der Waals surface area contributed by atoms with Gasteiger partial charge in [-0.05, 0) is 51.9 Å². The topological polar surface area (TPSA) is 149 Å². The summed E-state index contributed by atoms with van der Waals surface area (Å²) in [5, 5.41) is 22.6. The lowest BCUT2D eigenvalue weighted by Crippen LogP contribution is -2.65. The average Bonchev–Trinajstić information content (AvgIpc) is 3.50. The third-order valence-electron chi connectivity index (χ3n) is 7.30. The van der Waals surface area contributed by atoms with Crippen LogP contribution >= 0.6 is 0 Å².